The Kier molecular flexibility index (Phi) is 5.27. The van der Waals surface area contributed by atoms with Crippen LogP contribution in [0.2, 0.25) is 0 Å². The first-order valence-electron chi connectivity index (χ1n) is 11.0. The number of rotatable bonds is 4. The third kappa shape index (κ3) is 3.39. The van der Waals surface area contributed by atoms with Crippen molar-refractivity contribution in [2.24, 2.45) is 0 Å². The first-order valence-corrected chi connectivity index (χ1v) is 11.0. The van der Waals surface area contributed by atoms with Gasteiger partial charge in [-0.15, -0.1) is 0 Å². The lowest BCUT2D eigenvalue weighted by atomic mass is 9.73. The third-order valence-electron chi connectivity index (χ3n) is 6.81. The summed E-state index contributed by atoms with van der Waals surface area (Å²) < 4.78 is 0. The van der Waals surface area contributed by atoms with E-state index < -0.39 is 0 Å². The Morgan fingerprint density at radius 3 is 2.34 bits per heavy atom. The largest absolute Gasteiger partial charge is 0.394 e. The number of nitrogens with zero attached hydrogens (tertiary/aromatic N) is 2. The molecule has 5 heteroatoms. The molecule has 2 saturated heterocycles. The van der Waals surface area contributed by atoms with Crippen LogP contribution in [0.15, 0.2) is 78.9 Å². The first kappa shape index (κ1) is 20.5. The minimum absolute atomic E-state index is 0.00115. The predicted molar refractivity (Wildman–Crippen MR) is 123 cm³/mol. The van der Waals surface area contributed by atoms with Gasteiger partial charge in [-0.3, -0.25) is 9.59 Å². The Morgan fingerprint density at radius 1 is 0.969 bits per heavy atom. The Labute approximate surface area is 187 Å². The molecule has 2 heterocycles. The van der Waals surface area contributed by atoms with Gasteiger partial charge in [0.2, 0.25) is 5.91 Å². The highest BCUT2D eigenvalue weighted by Crippen LogP contribution is 2.43. The van der Waals surface area contributed by atoms with Crippen molar-refractivity contribution in [3.05, 3.63) is 95.6 Å². The average molecular weight is 427 g/mol. The first-order chi connectivity index (χ1) is 15.6. The highest BCUT2D eigenvalue weighted by molar-refractivity contribution is 5.97. The van der Waals surface area contributed by atoms with Gasteiger partial charge in [-0.1, -0.05) is 66.7 Å². The van der Waals surface area contributed by atoms with Gasteiger partial charge in [-0.05, 0) is 41.3 Å². The van der Waals surface area contributed by atoms with Gasteiger partial charge in [0.05, 0.1) is 18.7 Å². The summed E-state index contributed by atoms with van der Waals surface area (Å²) in [5.41, 5.74) is 5.23. The minimum atomic E-state index is -0.245. The number of aliphatic hydroxyl groups is 1. The van der Waals surface area contributed by atoms with E-state index in [4.69, 9.17) is 0 Å². The zero-order valence-electron chi connectivity index (χ0n) is 18.0. The molecule has 0 aliphatic carbocycles. The highest BCUT2D eigenvalue weighted by atomic mass is 16.3. The van der Waals surface area contributed by atoms with E-state index in [2.05, 4.69) is 43.3 Å². The molecule has 2 fully saturated rings. The summed E-state index contributed by atoms with van der Waals surface area (Å²) >= 11 is 0. The van der Waals surface area contributed by atoms with E-state index in [0.29, 0.717) is 12.1 Å². The van der Waals surface area contributed by atoms with Crippen molar-refractivity contribution in [2.45, 2.75) is 24.9 Å². The summed E-state index contributed by atoms with van der Waals surface area (Å²) in [6.07, 6.45) is 0. The van der Waals surface area contributed by atoms with Crippen LogP contribution < -0.4 is 0 Å². The van der Waals surface area contributed by atoms with Crippen molar-refractivity contribution in [3.8, 4) is 11.1 Å². The Hall–Kier alpha value is -3.44. The average Bonchev–Trinajstić information content (AvgIpc) is 2.81. The van der Waals surface area contributed by atoms with Gasteiger partial charge in [0.25, 0.3) is 5.91 Å². The second-order valence-electron chi connectivity index (χ2n) is 8.63. The second-order valence-corrected chi connectivity index (χ2v) is 8.63. The molecule has 2 aliphatic rings. The van der Waals surface area contributed by atoms with Gasteiger partial charge in [-0.2, -0.15) is 0 Å². The fraction of sp³-hybridized carbons (Fsp3) is 0.259. The van der Waals surface area contributed by atoms with Gasteiger partial charge in [-0.25, -0.2) is 0 Å². The lowest BCUT2D eigenvalue weighted by molar-refractivity contribution is -0.159. The van der Waals surface area contributed by atoms with E-state index in [-0.39, 0.29) is 43.0 Å². The van der Waals surface area contributed by atoms with Crippen molar-refractivity contribution < 1.29 is 14.7 Å². The van der Waals surface area contributed by atoms with Gasteiger partial charge in [0.15, 0.2) is 0 Å². The molecule has 0 saturated carbocycles. The number of hydrogen-bond acceptors (Lipinski definition) is 3. The van der Waals surface area contributed by atoms with Crippen molar-refractivity contribution in [2.75, 3.05) is 19.7 Å². The standard InChI is InChI=1S/C27H26N2O3/c1-18-7-5-6-10-22(18)19-11-13-20(14-12-19)26-23-15-28(16-25(31)29(23)24(26)17-30)27(32)21-8-3-2-4-9-21/h2-14,23-24,26,30H,15-17H2,1H3/t23-,24+,26+/m0/s1. The van der Waals surface area contributed by atoms with E-state index in [1.807, 2.05) is 30.3 Å². The van der Waals surface area contributed by atoms with Crippen molar-refractivity contribution in [1.29, 1.82) is 0 Å². The molecule has 3 atom stereocenters. The SMILES string of the molecule is Cc1ccccc1-c1ccc([C@H]2[C@@H](CO)N3C(=O)CN(C(=O)c4ccccc4)C[C@@H]23)cc1. The number of aryl methyl sites for hydroxylation is 1. The molecular formula is C27H26N2O3. The molecule has 5 rings (SSSR count). The molecule has 5 nitrogen and oxygen atoms in total. The minimum Gasteiger partial charge on any atom is -0.394 e. The lowest BCUT2D eigenvalue weighted by Crippen LogP contribution is -2.73. The number of carbonyl (C=O) groups is 2. The van der Waals surface area contributed by atoms with E-state index in [0.717, 1.165) is 11.1 Å². The summed E-state index contributed by atoms with van der Waals surface area (Å²) in [5, 5.41) is 10.0. The molecule has 32 heavy (non-hydrogen) atoms. The predicted octanol–water partition coefficient (Wildman–Crippen LogP) is 3.47. The number of benzene rings is 3. The molecule has 3 aromatic rings. The molecule has 3 aromatic carbocycles. The molecule has 0 aromatic heterocycles. The Morgan fingerprint density at radius 2 is 1.66 bits per heavy atom. The Balaban J connectivity index is 1.40. The normalized spacial score (nSPS) is 22.3. The second kappa shape index (κ2) is 8.24. The monoisotopic (exact) mass is 426 g/mol. The topological polar surface area (TPSA) is 60.9 Å². The van der Waals surface area contributed by atoms with Crippen LogP contribution in [0.5, 0.6) is 0 Å². The number of aliphatic hydroxyl groups excluding tert-OH is 1. The molecule has 0 radical (unpaired) electrons. The maximum atomic E-state index is 13.0. The number of hydrogen-bond donors (Lipinski definition) is 1. The number of piperazine rings is 1. The molecule has 1 N–H and O–H groups in total. The maximum absolute atomic E-state index is 13.0. The van der Waals surface area contributed by atoms with Crippen LogP contribution in [0.1, 0.15) is 27.4 Å². The van der Waals surface area contributed by atoms with E-state index in [1.54, 1.807) is 21.9 Å². The van der Waals surface area contributed by atoms with Crippen LogP contribution in [-0.4, -0.2) is 58.5 Å². The molecule has 0 unspecified atom stereocenters. The summed E-state index contributed by atoms with van der Waals surface area (Å²) in [6, 6.07) is 25.4. The quantitative estimate of drug-likeness (QED) is 0.695. The van der Waals surface area contributed by atoms with Crippen molar-refractivity contribution >= 4 is 11.8 Å². The van der Waals surface area contributed by atoms with Gasteiger partial charge >= 0.3 is 0 Å². The van der Waals surface area contributed by atoms with Crippen LogP contribution in [0.25, 0.3) is 11.1 Å². The third-order valence-corrected chi connectivity index (χ3v) is 6.81. The van der Waals surface area contributed by atoms with Crippen LogP contribution in [0.3, 0.4) is 0 Å². The highest BCUT2D eigenvalue weighted by Gasteiger charge is 2.54. The molecule has 0 spiro atoms. The Bertz CT molecular complexity index is 1140. The zero-order chi connectivity index (χ0) is 22.2. The number of carbonyl (C=O) groups excluding carboxylic acids is 2. The van der Waals surface area contributed by atoms with Crippen LogP contribution in [0.4, 0.5) is 0 Å². The fourth-order valence-corrected chi connectivity index (χ4v) is 5.20. The summed E-state index contributed by atoms with van der Waals surface area (Å²) in [6.45, 7) is 2.54. The maximum Gasteiger partial charge on any atom is 0.254 e. The van der Waals surface area contributed by atoms with Gasteiger partial charge in [0.1, 0.15) is 6.54 Å². The number of amides is 2. The molecular weight excluding hydrogens is 400 g/mol. The van der Waals surface area contributed by atoms with E-state index >= 15 is 0 Å². The molecule has 2 aliphatic heterocycles. The fourth-order valence-electron chi connectivity index (χ4n) is 5.20. The van der Waals surface area contributed by atoms with Crippen LogP contribution >= 0.6 is 0 Å². The van der Waals surface area contributed by atoms with Crippen molar-refractivity contribution in [3.63, 3.8) is 0 Å². The van der Waals surface area contributed by atoms with E-state index in [9.17, 15) is 14.7 Å². The zero-order valence-corrected chi connectivity index (χ0v) is 18.0. The van der Waals surface area contributed by atoms with Crippen molar-refractivity contribution in [1.82, 2.24) is 9.80 Å². The summed E-state index contributed by atoms with van der Waals surface area (Å²) in [7, 11) is 0. The van der Waals surface area contributed by atoms with Gasteiger partial charge in [0, 0.05) is 18.0 Å². The van der Waals surface area contributed by atoms with Crippen LogP contribution in [-0.2, 0) is 4.79 Å². The van der Waals surface area contributed by atoms with Crippen LogP contribution in [0, 0.1) is 6.92 Å². The molecule has 162 valence electrons. The number of fused-ring (bicyclic) bond motifs is 1. The lowest BCUT2D eigenvalue weighted by Gasteiger charge is -2.58. The summed E-state index contributed by atoms with van der Waals surface area (Å²) in [5.74, 6) is -0.224. The molecule has 2 amide bonds. The van der Waals surface area contributed by atoms with E-state index in [1.165, 1.54) is 11.1 Å². The molecule has 0 bridgehead atoms. The van der Waals surface area contributed by atoms with Gasteiger partial charge < -0.3 is 14.9 Å². The smallest absolute Gasteiger partial charge is 0.254 e. The summed E-state index contributed by atoms with van der Waals surface area (Å²) in [4.78, 5) is 29.2.